The van der Waals surface area contributed by atoms with E-state index < -0.39 is 0 Å². The fourth-order valence-corrected chi connectivity index (χ4v) is 2.37. The first-order valence-electron chi connectivity index (χ1n) is 5.72. The van der Waals surface area contributed by atoms with Crippen molar-refractivity contribution in [3.8, 4) is 0 Å². The van der Waals surface area contributed by atoms with E-state index in [9.17, 15) is 5.11 Å². The topological polar surface area (TPSA) is 41.3 Å². The smallest absolute Gasteiger partial charge is 0.114 e. The molecule has 17 heavy (non-hydrogen) atoms. The molecule has 1 aromatic heterocycles. The summed E-state index contributed by atoms with van der Waals surface area (Å²) in [7, 11) is 0. The van der Waals surface area contributed by atoms with Crippen molar-refractivity contribution in [2.75, 3.05) is 13.1 Å². The van der Waals surface area contributed by atoms with Crippen LogP contribution in [0.25, 0.3) is 0 Å². The third kappa shape index (κ3) is 3.85. The predicted molar refractivity (Wildman–Crippen MR) is 72.9 cm³/mol. The molecule has 0 radical (unpaired) electrons. The molecular formula is C11H21Cl2N3O. The van der Waals surface area contributed by atoms with Gasteiger partial charge in [0.25, 0.3) is 0 Å². The van der Waals surface area contributed by atoms with Crippen LogP contribution in [-0.2, 0) is 0 Å². The highest BCUT2D eigenvalue weighted by atomic mass is 35.5. The number of aliphatic hydroxyl groups excluding tert-OH is 1. The zero-order valence-electron chi connectivity index (χ0n) is 10.0. The summed E-state index contributed by atoms with van der Waals surface area (Å²) < 4.78 is 2.01. The summed E-state index contributed by atoms with van der Waals surface area (Å²) in [6.45, 7) is 4.29. The second-order valence-corrected chi connectivity index (χ2v) is 4.17. The van der Waals surface area contributed by atoms with Crippen molar-refractivity contribution < 1.29 is 5.11 Å². The molecule has 0 saturated carbocycles. The molecule has 1 aliphatic rings. The molecule has 6 heteroatoms. The van der Waals surface area contributed by atoms with E-state index in [2.05, 4.69) is 16.8 Å². The number of rotatable bonds is 3. The van der Waals surface area contributed by atoms with Crippen molar-refractivity contribution >= 4 is 24.8 Å². The van der Waals surface area contributed by atoms with Gasteiger partial charge in [-0.2, -0.15) is 0 Å². The molecule has 2 unspecified atom stereocenters. The maximum absolute atomic E-state index is 10.0. The zero-order valence-corrected chi connectivity index (χ0v) is 11.7. The number of aromatic nitrogens is 2. The Labute approximate surface area is 115 Å². The Morgan fingerprint density at radius 3 is 2.76 bits per heavy atom. The minimum Gasteiger partial charge on any atom is -0.390 e. The number of nitrogens with zero attached hydrogens (tertiary/aromatic N) is 3. The van der Waals surface area contributed by atoms with Crippen LogP contribution in [0.15, 0.2) is 18.7 Å². The Morgan fingerprint density at radius 1 is 1.41 bits per heavy atom. The Morgan fingerprint density at radius 2 is 2.18 bits per heavy atom. The predicted octanol–water partition coefficient (Wildman–Crippen LogP) is 2.09. The molecule has 0 aromatic carbocycles. The Kier molecular flexibility index (Phi) is 7.79. The van der Waals surface area contributed by atoms with Gasteiger partial charge < -0.3 is 9.67 Å². The van der Waals surface area contributed by atoms with E-state index in [-0.39, 0.29) is 37.1 Å². The van der Waals surface area contributed by atoms with Crippen LogP contribution < -0.4 is 0 Å². The largest absolute Gasteiger partial charge is 0.390 e. The summed E-state index contributed by atoms with van der Waals surface area (Å²) in [6, 6.07) is 0. The van der Waals surface area contributed by atoms with Gasteiger partial charge in [-0.3, -0.25) is 4.90 Å². The second-order valence-electron chi connectivity index (χ2n) is 4.17. The zero-order chi connectivity index (χ0) is 10.7. The van der Waals surface area contributed by atoms with E-state index in [0.717, 1.165) is 32.4 Å². The second kappa shape index (κ2) is 7.93. The maximum Gasteiger partial charge on any atom is 0.114 e. The highest BCUT2D eigenvalue weighted by Gasteiger charge is 2.30. The van der Waals surface area contributed by atoms with Gasteiger partial charge >= 0.3 is 0 Å². The van der Waals surface area contributed by atoms with Crippen LogP contribution in [0.2, 0.25) is 0 Å². The lowest BCUT2D eigenvalue weighted by atomic mass is 10.0. The standard InChI is InChI=1S/C11H19N3O.2ClH/c1-2-6-13-7-3-4-10(15)11(13)14-8-5-12-9-14;;/h5,8-11,15H,2-4,6-7H2,1H3;2*1H. The van der Waals surface area contributed by atoms with Crippen LogP contribution >= 0.6 is 24.8 Å². The molecule has 4 nitrogen and oxygen atoms in total. The quantitative estimate of drug-likeness (QED) is 0.923. The molecule has 100 valence electrons. The highest BCUT2D eigenvalue weighted by molar-refractivity contribution is 5.85. The number of piperidine rings is 1. The van der Waals surface area contributed by atoms with E-state index in [0.29, 0.717) is 0 Å². The molecule has 1 N–H and O–H groups in total. The van der Waals surface area contributed by atoms with E-state index in [1.54, 1.807) is 12.5 Å². The molecule has 1 aliphatic heterocycles. The van der Waals surface area contributed by atoms with Gasteiger partial charge in [-0.05, 0) is 25.8 Å². The van der Waals surface area contributed by atoms with E-state index in [1.807, 2.05) is 10.8 Å². The fourth-order valence-electron chi connectivity index (χ4n) is 2.37. The first-order valence-corrected chi connectivity index (χ1v) is 5.72. The highest BCUT2D eigenvalue weighted by Crippen LogP contribution is 2.26. The number of likely N-dealkylation sites (tertiary alicyclic amines) is 1. The Hall–Kier alpha value is -0.290. The molecule has 2 heterocycles. The Balaban J connectivity index is 0.00000128. The molecular weight excluding hydrogens is 261 g/mol. The van der Waals surface area contributed by atoms with Gasteiger partial charge in [0.15, 0.2) is 0 Å². The van der Waals surface area contributed by atoms with Gasteiger partial charge in [0.1, 0.15) is 6.17 Å². The van der Waals surface area contributed by atoms with Gasteiger partial charge in [-0.25, -0.2) is 4.98 Å². The van der Waals surface area contributed by atoms with Crippen LogP contribution in [0.1, 0.15) is 32.4 Å². The fraction of sp³-hybridized carbons (Fsp3) is 0.727. The normalized spacial score (nSPS) is 24.8. The van der Waals surface area contributed by atoms with Gasteiger partial charge in [0, 0.05) is 18.9 Å². The maximum atomic E-state index is 10.0. The van der Waals surface area contributed by atoms with Crippen LogP contribution in [0.5, 0.6) is 0 Å². The molecule has 0 aliphatic carbocycles. The van der Waals surface area contributed by atoms with Crippen molar-refractivity contribution in [3.63, 3.8) is 0 Å². The molecule has 1 aromatic rings. The average Bonchev–Trinajstić information content (AvgIpc) is 2.71. The third-order valence-corrected chi connectivity index (χ3v) is 3.00. The lowest BCUT2D eigenvalue weighted by Gasteiger charge is -2.39. The van der Waals surface area contributed by atoms with E-state index >= 15 is 0 Å². The summed E-state index contributed by atoms with van der Waals surface area (Å²) in [4.78, 5) is 6.39. The summed E-state index contributed by atoms with van der Waals surface area (Å²) in [5.74, 6) is 0. The van der Waals surface area contributed by atoms with Crippen molar-refractivity contribution in [1.82, 2.24) is 14.5 Å². The van der Waals surface area contributed by atoms with E-state index in [4.69, 9.17) is 0 Å². The van der Waals surface area contributed by atoms with Crippen LogP contribution in [0, 0.1) is 0 Å². The number of hydrogen-bond acceptors (Lipinski definition) is 3. The molecule has 2 rings (SSSR count). The summed E-state index contributed by atoms with van der Waals surface area (Å²) in [5.41, 5.74) is 0. The van der Waals surface area contributed by atoms with Crippen molar-refractivity contribution in [2.24, 2.45) is 0 Å². The van der Waals surface area contributed by atoms with Gasteiger partial charge in [-0.1, -0.05) is 6.92 Å². The summed E-state index contributed by atoms with van der Waals surface area (Å²) >= 11 is 0. The number of imidazole rings is 1. The average molecular weight is 282 g/mol. The minimum absolute atomic E-state index is 0. The number of hydrogen-bond donors (Lipinski definition) is 1. The van der Waals surface area contributed by atoms with Crippen molar-refractivity contribution in [3.05, 3.63) is 18.7 Å². The van der Waals surface area contributed by atoms with E-state index in [1.165, 1.54) is 0 Å². The van der Waals surface area contributed by atoms with Crippen molar-refractivity contribution in [1.29, 1.82) is 0 Å². The number of halogens is 2. The van der Waals surface area contributed by atoms with Gasteiger partial charge in [-0.15, -0.1) is 24.8 Å². The summed E-state index contributed by atoms with van der Waals surface area (Å²) in [6.07, 6.45) is 8.42. The molecule has 2 atom stereocenters. The third-order valence-electron chi connectivity index (χ3n) is 3.00. The number of aliphatic hydroxyl groups is 1. The minimum atomic E-state index is -0.264. The lowest BCUT2D eigenvalue weighted by Crippen LogP contribution is -2.44. The lowest BCUT2D eigenvalue weighted by molar-refractivity contribution is -0.0275. The van der Waals surface area contributed by atoms with Crippen LogP contribution in [0.4, 0.5) is 0 Å². The Bertz CT molecular complexity index is 293. The molecule has 0 amide bonds. The molecule has 0 spiro atoms. The van der Waals surface area contributed by atoms with Crippen molar-refractivity contribution in [2.45, 2.75) is 38.5 Å². The molecule has 1 saturated heterocycles. The molecule has 1 fully saturated rings. The summed E-state index contributed by atoms with van der Waals surface area (Å²) in [5, 5.41) is 10.0. The van der Waals surface area contributed by atoms with Crippen LogP contribution in [0.3, 0.4) is 0 Å². The monoisotopic (exact) mass is 281 g/mol. The SMILES string of the molecule is CCCN1CCCC(O)C1n1ccnc1.Cl.Cl. The van der Waals surface area contributed by atoms with Crippen LogP contribution in [-0.4, -0.2) is 38.8 Å². The first-order chi connectivity index (χ1) is 7.33. The molecule has 0 bridgehead atoms. The first kappa shape index (κ1) is 16.7. The van der Waals surface area contributed by atoms with Gasteiger partial charge in [0.05, 0.1) is 12.4 Å². The van der Waals surface area contributed by atoms with Gasteiger partial charge in [0.2, 0.25) is 0 Å².